The van der Waals surface area contributed by atoms with Gasteiger partial charge >= 0.3 is 0 Å². The van der Waals surface area contributed by atoms with Gasteiger partial charge in [-0.3, -0.25) is 0 Å². The summed E-state index contributed by atoms with van der Waals surface area (Å²) >= 11 is 0. The second kappa shape index (κ2) is 7.65. The molecule has 0 spiro atoms. The van der Waals surface area contributed by atoms with E-state index in [0.29, 0.717) is 13.2 Å². The summed E-state index contributed by atoms with van der Waals surface area (Å²) in [4.78, 5) is 0. The predicted molar refractivity (Wildman–Crippen MR) is 78.2 cm³/mol. The first-order chi connectivity index (χ1) is 9.85. The van der Waals surface area contributed by atoms with Gasteiger partial charge in [0.1, 0.15) is 23.7 Å². The molecule has 0 saturated carbocycles. The average Bonchev–Trinajstić information content (AvgIpc) is 2.88. The van der Waals surface area contributed by atoms with E-state index in [1.54, 1.807) is 0 Å². The Balaban J connectivity index is 2.02. The van der Waals surface area contributed by atoms with E-state index in [4.69, 9.17) is 10.5 Å². The number of rotatable bonds is 8. The Bertz CT molecular complexity index is 510. The number of hydrogen-bond donors (Lipinski definition) is 1. The van der Waals surface area contributed by atoms with Crippen molar-refractivity contribution in [1.29, 1.82) is 0 Å². The SMILES string of the molecule is CCCCCn1nnc(CN)c1COc1ccccc1. The number of benzene rings is 1. The van der Waals surface area contributed by atoms with Crippen LogP contribution in [-0.4, -0.2) is 15.0 Å². The Hall–Kier alpha value is -1.88. The second-order valence-electron chi connectivity index (χ2n) is 4.72. The van der Waals surface area contributed by atoms with E-state index in [1.807, 2.05) is 35.0 Å². The lowest BCUT2D eigenvalue weighted by Crippen LogP contribution is -2.11. The zero-order valence-corrected chi connectivity index (χ0v) is 12.0. The number of aryl methyl sites for hydroxylation is 1. The quantitative estimate of drug-likeness (QED) is 0.751. The molecule has 0 atom stereocenters. The van der Waals surface area contributed by atoms with Crippen molar-refractivity contribution >= 4 is 0 Å². The monoisotopic (exact) mass is 274 g/mol. The lowest BCUT2D eigenvalue weighted by molar-refractivity contribution is 0.289. The van der Waals surface area contributed by atoms with Gasteiger partial charge in [-0.05, 0) is 18.6 Å². The van der Waals surface area contributed by atoms with Crippen LogP contribution in [-0.2, 0) is 19.7 Å². The summed E-state index contributed by atoms with van der Waals surface area (Å²) in [5.41, 5.74) is 7.51. The molecule has 20 heavy (non-hydrogen) atoms. The Morgan fingerprint density at radius 1 is 1.20 bits per heavy atom. The molecule has 2 N–H and O–H groups in total. The van der Waals surface area contributed by atoms with Crippen molar-refractivity contribution in [3.8, 4) is 5.75 Å². The highest BCUT2D eigenvalue weighted by Crippen LogP contribution is 2.14. The summed E-state index contributed by atoms with van der Waals surface area (Å²) in [7, 11) is 0. The number of aromatic nitrogens is 3. The minimum absolute atomic E-state index is 0.390. The molecule has 0 aliphatic carbocycles. The minimum atomic E-state index is 0.390. The molecule has 1 aromatic heterocycles. The molecule has 1 heterocycles. The molecule has 5 nitrogen and oxygen atoms in total. The Morgan fingerprint density at radius 3 is 2.70 bits per heavy atom. The van der Waals surface area contributed by atoms with E-state index in [1.165, 1.54) is 12.8 Å². The maximum atomic E-state index is 5.78. The van der Waals surface area contributed by atoms with Crippen LogP contribution in [0.4, 0.5) is 0 Å². The van der Waals surface area contributed by atoms with Crippen molar-refractivity contribution in [3.63, 3.8) is 0 Å². The first-order valence-electron chi connectivity index (χ1n) is 7.14. The van der Waals surface area contributed by atoms with Crippen molar-refractivity contribution in [2.24, 2.45) is 5.73 Å². The molecule has 0 amide bonds. The lowest BCUT2D eigenvalue weighted by atomic mass is 10.2. The van der Waals surface area contributed by atoms with Crippen molar-refractivity contribution in [2.75, 3.05) is 0 Å². The topological polar surface area (TPSA) is 66.0 Å². The molecule has 2 aromatic rings. The van der Waals surface area contributed by atoms with E-state index in [0.717, 1.165) is 30.1 Å². The molecule has 0 aliphatic heterocycles. The summed E-state index contributed by atoms with van der Waals surface area (Å²) in [5, 5.41) is 8.31. The van der Waals surface area contributed by atoms with Gasteiger partial charge in [0.2, 0.25) is 0 Å². The zero-order valence-electron chi connectivity index (χ0n) is 12.0. The molecule has 0 radical (unpaired) electrons. The van der Waals surface area contributed by atoms with Crippen LogP contribution in [0.15, 0.2) is 30.3 Å². The Kier molecular flexibility index (Phi) is 5.55. The van der Waals surface area contributed by atoms with Crippen molar-refractivity contribution in [3.05, 3.63) is 41.7 Å². The highest BCUT2D eigenvalue weighted by molar-refractivity contribution is 5.21. The molecule has 0 unspecified atom stereocenters. The van der Waals surface area contributed by atoms with Crippen LogP contribution in [0.5, 0.6) is 5.75 Å². The van der Waals surface area contributed by atoms with E-state index in [-0.39, 0.29) is 0 Å². The van der Waals surface area contributed by atoms with Gasteiger partial charge in [0.05, 0.1) is 0 Å². The maximum Gasteiger partial charge on any atom is 0.132 e. The number of ether oxygens (including phenoxy) is 1. The third-order valence-corrected chi connectivity index (χ3v) is 3.20. The highest BCUT2D eigenvalue weighted by atomic mass is 16.5. The number of nitrogens with zero attached hydrogens (tertiary/aromatic N) is 3. The molecule has 2 rings (SSSR count). The molecular weight excluding hydrogens is 252 g/mol. The van der Waals surface area contributed by atoms with Crippen LogP contribution in [0.1, 0.15) is 37.6 Å². The van der Waals surface area contributed by atoms with Crippen LogP contribution in [0.3, 0.4) is 0 Å². The summed E-state index contributed by atoms with van der Waals surface area (Å²) in [6, 6.07) is 9.75. The molecule has 0 aliphatic rings. The van der Waals surface area contributed by atoms with E-state index in [2.05, 4.69) is 17.2 Å². The largest absolute Gasteiger partial charge is 0.487 e. The Labute approximate surface area is 119 Å². The number of nitrogens with two attached hydrogens (primary N) is 1. The predicted octanol–water partition coefficient (Wildman–Crippen LogP) is 2.51. The first-order valence-corrected chi connectivity index (χ1v) is 7.14. The third-order valence-electron chi connectivity index (χ3n) is 3.20. The van der Waals surface area contributed by atoms with E-state index in [9.17, 15) is 0 Å². The number of unbranched alkanes of at least 4 members (excludes halogenated alkanes) is 2. The minimum Gasteiger partial charge on any atom is -0.487 e. The first kappa shape index (κ1) is 14.5. The summed E-state index contributed by atoms with van der Waals surface area (Å²) in [6.45, 7) is 3.90. The summed E-state index contributed by atoms with van der Waals surface area (Å²) in [5.74, 6) is 0.844. The zero-order chi connectivity index (χ0) is 14.2. The fourth-order valence-corrected chi connectivity index (χ4v) is 2.04. The highest BCUT2D eigenvalue weighted by Gasteiger charge is 2.12. The smallest absolute Gasteiger partial charge is 0.132 e. The molecule has 1 aromatic carbocycles. The van der Waals surface area contributed by atoms with Crippen LogP contribution in [0.2, 0.25) is 0 Å². The van der Waals surface area contributed by atoms with Gasteiger partial charge in [0.15, 0.2) is 0 Å². The number of hydrogen-bond acceptors (Lipinski definition) is 4. The molecule has 0 bridgehead atoms. The van der Waals surface area contributed by atoms with Crippen molar-refractivity contribution in [1.82, 2.24) is 15.0 Å². The molecule has 5 heteroatoms. The summed E-state index contributed by atoms with van der Waals surface area (Å²) < 4.78 is 7.70. The Morgan fingerprint density at radius 2 is 2.00 bits per heavy atom. The van der Waals surface area contributed by atoms with Crippen molar-refractivity contribution in [2.45, 2.75) is 45.9 Å². The van der Waals surface area contributed by atoms with Gasteiger partial charge in [-0.25, -0.2) is 4.68 Å². The molecule has 0 saturated heterocycles. The van der Waals surface area contributed by atoms with Crippen LogP contribution >= 0.6 is 0 Å². The van der Waals surface area contributed by atoms with Crippen LogP contribution < -0.4 is 10.5 Å². The normalized spacial score (nSPS) is 10.7. The van der Waals surface area contributed by atoms with Gasteiger partial charge < -0.3 is 10.5 Å². The van der Waals surface area contributed by atoms with Crippen LogP contribution in [0.25, 0.3) is 0 Å². The van der Waals surface area contributed by atoms with Gasteiger partial charge in [-0.2, -0.15) is 0 Å². The number of para-hydroxylation sites is 1. The average molecular weight is 274 g/mol. The molecular formula is C15H22N4O. The van der Waals surface area contributed by atoms with E-state index < -0.39 is 0 Å². The molecule has 108 valence electrons. The second-order valence-corrected chi connectivity index (χ2v) is 4.72. The van der Waals surface area contributed by atoms with Gasteiger partial charge in [0.25, 0.3) is 0 Å². The summed E-state index contributed by atoms with van der Waals surface area (Å²) in [6.07, 6.45) is 3.48. The maximum absolute atomic E-state index is 5.78. The van der Waals surface area contributed by atoms with Gasteiger partial charge in [-0.15, -0.1) is 5.10 Å². The van der Waals surface area contributed by atoms with Gasteiger partial charge in [-0.1, -0.05) is 43.2 Å². The fraction of sp³-hybridized carbons (Fsp3) is 0.467. The van der Waals surface area contributed by atoms with Crippen molar-refractivity contribution < 1.29 is 4.74 Å². The fourth-order valence-electron chi connectivity index (χ4n) is 2.04. The van der Waals surface area contributed by atoms with Crippen LogP contribution in [0, 0.1) is 0 Å². The third kappa shape index (κ3) is 3.81. The van der Waals surface area contributed by atoms with E-state index >= 15 is 0 Å². The molecule has 0 fully saturated rings. The standard InChI is InChI=1S/C15H22N4O/c1-2-3-7-10-19-15(14(11-16)17-18-19)12-20-13-8-5-4-6-9-13/h4-6,8-9H,2-3,7,10-12,16H2,1H3. The lowest BCUT2D eigenvalue weighted by Gasteiger charge is -2.09. The van der Waals surface area contributed by atoms with Gasteiger partial charge in [0, 0.05) is 13.1 Å².